The molecule has 2 aromatic heterocycles. The van der Waals surface area contributed by atoms with E-state index < -0.39 is 5.25 Å². The second kappa shape index (κ2) is 8.59. The van der Waals surface area contributed by atoms with Crippen molar-refractivity contribution in [2.75, 3.05) is 0 Å². The molecule has 2 heterocycles. The van der Waals surface area contributed by atoms with E-state index in [4.69, 9.17) is 9.40 Å². The average molecular weight is 420 g/mol. The number of carbonyl (C=O) groups is 1. The number of amides is 1. The fraction of sp³-hybridized carbons (Fsp3) is 0.174. The summed E-state index contributed by atoms with van der Waals surface area (Å²) in [6.07, 6.45) is 1.57. The van der Waals surface area contributed by atoms with Crippen LogP contribution in [0, 0.1) is 6.92 Å². The smallest absolute Gasteiger partial charge is 0.266 e. The molecular formula is C23H21N3O3S. The molecule has 1 atom stereocenters. The summed E-state index contributed by atoms with van der Waals surface area (Å²) in [5, 5.41) is 3.43. The largest absolute Gasteiger partial charge is 0.467 e. The van der Waals surface area contributed by atoms with Gasteiger partial charge >= 0.3 is 0 Å². The molecule has 0 bridgehead atoms. The average Bonchev–Trinajstić information content (AvgIpc) is 3.27. The highest BCUT2D eigenvalue weighted by molar-refractivity contribution is 8.00. The molecule has 0 aliphatic rings. The summed E-state index contributed by atoms with van der Waals surface area (Å²) in [4.78, 5) is 30.7. The van der Waals surface area contributed by atoms with Crippen LogP contribution in [0.25, 0.3) is 16.6 Å². The summed E-state index contributed by atoms with van der Waals surface area (Å²) in [7, 11) is 0. The van der Waals surface area contributed by atoms with Crippen molar-refractivity contribution in [3.05, 3.63) is 88.6 Å². The molecule has 152 valence electrons. The number of rotatable bonds is 6. The molecule has 0 unspecified atom stereocenters. The highest BCUT2D eigenvalue weighted by Crippen LogP contribution is 2.26. The van der Waals surface area contributed by atoms with E-state index in [-0.39, 0.29) is 11.5 Å². The Morgan fingerprint density at radius 2 is 1.90 bits per heavy atom. The van der Waals surface area contributed by atoms with E-state index in [9.17, 15) is 9.59 Å². The molecule has 2 aromatic carbocycles. The third kappa shape index (κ3) is 4.02. The molecule has 4 rings (SSSR count). The zero-order valence-corrected chi connectivity index (χ0v) is 17.5. The molecule has 4 aromatic rings. The van der Waals surface area contributed by atoms with Gasteiger partial charge in [0.05, 0.1) is 34.6 Å². The molecule has 0 aliphatic heterocycles. The fourth-order valence-electron chi connectivity index (χ4n) is 3.16. The first-order valence-electron chi connectivity index (χ1n) is 9.59. The number of aromatic nitrogens is 2. The highest BCUT2D eigenvalue weighted by Gasteiger charge is 2.21. The summed E-state index contributed by atoms with van der Waals surface area (Å²) < 4.78 is 6.85. The van der Waals surface area contributed by atoms with Crippen molar-refractivity contribution < 1.29 is 9.21 Å². The summed E-state index contributed by atoms with van der Waals surface area (Å²) in [6.45, 7) is 4.06. The van der Waals surface area contributed by atoms with E-state index in [2.05, 4.69) is 5.32 Å². The normalized spacial score (nSPS) is 12.1. The summed E-state index contributed by atoms with van der Waals surface area (Å²) in [5.41, 5.74) is 2.17. The first-order chi connectivity index (χ1) is 14.5. The van der Waals surface area contributed by atoms with Gasteiger partial charge in [-0.3, -0.25) is 14.2 Å². The zero-order chi connectivity index (χ0) is 21.1. The Bertz CT molecular complexity index is 1250. The number of hydrogen-bond acceptors (Lipinski definition) is 5. The van der Waals surface area contributed by atoms with Crippen LogP contribution in [-0.2, 0) is 11.3 Å². The van der Waals surface area contributed by atoms with Gasteiger partial charge in [-0.1, -0.05) is 42.1 Å². The Kier molecular flexibility index (Phi) is 5.72. The topological polar surface area (TPSA) is 77.1 Å². The number of thioether (sulfide) groups is 1. The van der Waals surface area contributed by atoms with Crippen LogP contribution < -0.4 is 10.9 Å². The Morgan fingerprint density at radius 1 is 1.13 bits per heavy atom. The van der Waals surface area contributed by atoms with E-state index in [0.717, 1.165) is 11.3 Å². The Labute approximate surface area is 177 Å². The molecule has 7 heteroatoms. The monoisotopic (exact) mass is 419 g/mol. The lowest BCUT2D eigenvalue weighted by molar-refractivity contribution is -0.120. The van der Waals surface area contributed by atoms with Gasteiger partial charge in [-0.25, -0.2) is 4.98 Å². The second-order valence-corrected chi connectivity index (χ2v) is 8.20. The number of nitrogens with one attached hydrogen (secondary N) is 1. The summed E-state index contributed by atoms with van der Waals surface area (Å²) in [6, 6.07) is 18.5. The number of hydrogen-bond donors (Lipinski definition) is 1. The van der Waals surface area contributed by atoms with Crippen molar-refractivity contribution >= 4 is 28.6 Å². The maximum atomic E-state index is 13.3. The van der Waals surface area contributed by atoms with Crippen molar-refractivity contribution in [1.82, 2.24) is 14.9 Å². The minimum atomic E-state index is -0.455. The van der Waals surface area contributed by atoms with Gasteiger partial charge in [0.1, 0.15) is 5.76 Å². The maximum Gasteiger partial charge on any atom is 0.266 e. The van der Waals surface area contributed by atoms with Crippen LogP contribution in [-0.4, -0.2) is 20.7 Å². The van der Waals surface area contributed by atoms with Crippen LogP contribution in [0.1, 0.15) is 18.2 Å². The van der Waals surface area contributed by atoms with E-state index >= 15 is 0 Å². The van der Waals surface area contributed by atoms with E-state index in [1.165, 1.54) is 11.8 Å². The van der Waals surface area contributed by atoms with Crippen LogP contribution >= 0.6 is 11.8 Å². The first-order valence-corrected chi connectivity index (χ1v) is 10.5. The predicted octanol–water partition coefficient (Wildman–Crippen LogP) is 4.08. The van der Waals surface area contributed by atoms with Crippen LogP contribution in [0.3, 0.4) is 0 Å². The Morgan fingerprint density at radius 3 is 2.67 bits per heavy atom. The number of aryl methyl sites for hydroxylation is 1. The van der Waals surface area contributed by atoms with Crippen molar-refractivity contribution in [2.45, 2.75) is 30.8 Å². The Balaban J connectivity index is 1.70. The lowest BCUT2D eigenvalue weighted by Crippen LogP contribution is -2.31. The zero-order valence-electron chi connectivity index (χ0n) is 16.7. The van der Waals surface area contributed by atoms with E-state index in [0.29, 0.717) is 28.4 Å². The van der Waals surface area contributed by atoms with Gasteiger partial charge in [-0.05, 0) is 49.7 Å². The van der Waals surface area contributed by atoms with Crippen LogP contribution in [0.15, 0.2) is 81.3 Å². The molecule has 0 aliphatic carbocycles. The van der Waals surface area contributed by atoms with Gasteiger partial charge in [0.15, 0.2) is 5.16 Å². The standard InChI is InChI=1S/C23H21N3O3S/c1-15-8-3-6-12-20(15)26-22(28)18-10-4-5-11-19(18)25-23(26)30-16(2)21(27)24-14-17-9-7-13-29-17/h3-13,16H,14H2,1-2H3,(H,24,27)/t16-/m0/s1. The second-order valence-electron chi connectivity index (χ2n) is 6.90. The maximum absolute atomic E-state index is 13.3. The fourth-order valence-corrected chi connectivity index (χ4v) is 4.11. The van der Waals surface area contributed by atoms with Crippen molar-refractivity contribution in [3.63, 3.8) is 0 Å². The minimum absolute atomic E-state index is 0.152. The molecule has 0 radical (unpaired) electrons. The quantitative estimate of drug-likeness (QED) is 0.376. The minimum Gasteiger partial charge on any atom is -0.467 e. The molecule has 6 nitrogen and oxygen atoms in total. The summed E-state index contributed by atoms with van der Waals surface area (Å²) >= 11 is 1.26. The molecule has 0 fully saturated rings. The molecule has 1 N–H and O–H groups in total. The van der Waals surface area contributed by atoms with Gasteiger partial charge in [0.2, 0.25) is 5.91 Å². The summed E-state index contributed by atoms with van der Waals surface area (Å²) in [5.74, 6) is 0.524. The number of furan rings is 1. The van der Waals surface area contributed by atoms with Gasteiger partial charge in [0.25, 0.3) is 5.56 Å². The Hall–Kier alpha value is -3.32. The molecule has 0 saturated heterocycles. The van der Waals surface area contributed by atoms with Crippen molar-refractivity contribution in [3.8, 4) is 5.69 Å². The molecular weight excluding hydrogens is 398 g/mol. The number of benzene rings is 2. The van der Waals surface area contributed by atoms with Gasteiger partial charge in [0, 0.05) is 0 Å². The SMILES string of the molecule is Cc1ccccc1-n1c(S[C@@H](C)C(=O)NCc2ccco2)nc2ccccc2c1=O. The number of nitrogens with zero attached hydrogens (tertiary/aromatic N) is 2. The van der Waals surface area contributed by atoms with E-state index in [1.54, 1.807) is 36.0 Å². The third-order valence-electron chi connectivity index (χ3n) is 4.77. The first kappa shape index (κ1) is 20.0. The van der Waals surface area contributed by atoms with Crippen molar-refractivity contribution in [1.29, 1.82) is 0 Å². The molecule has 30 heavy (non-hydrogen) atoms. The van der Waals surface area contributed by atoms with Gasteiger partial charge < -0.3 is 9.73 Å². The molecule has 0 spiro atoms. The predicted molar refractivity (Wildman–Crippen MR) is 118 cm³/mol. The van der Waals surface area contributed by atoms with Crippen LogP contribution in [0.4, 0.5) is 0 Å². The molecule has 1 amide bonds. The van der Waals surface area contributed by atoms with Crippen LogP contribution in [0.5, 0.6) is 0 Å². The lowest BCUT2D eigenvalue weighted by atomic mass is 10.2. The molecule has 0 saturated carbocycles. The van der Waals surface area contributed by atoms with Gasteiger partial charge in [-0.15, -0.1) is 0 Å². The number of carbonyl (C=O) groups excluding carboxylic acids is 1. The number of para-hydroxylation sites is 2. The highest BCUT2D eigenvalue weighted by atomic mass is 32.2. The van der Waals surface area contributed by atoms with Gasteiger partial charge in [-0.2, -0.15) is 0 Å². The van der Waals surface area contributed by atoms with Crippen LogP contribution in [0.2, 0.25) is 0 Å². The number of fused-ring (bicyclic) bond motifs is 1. The van der Waals surface area contributed by atoms with E-state index in [1.807, 2.05) is 49.4 Å². The van der Waals surface area contributed by atoms with Crippen molar-refractivity contribution in [2.24, 2.45) is 0 Å². The third-order valence-corrected chi connectivity index (χ3v) is 5.82. The lowest BCUT2D eigenvalue weighted by Gasteiger charge is -2.17.